The molecule has 6 N–H and O–H groups in total. The molecule has 2 saturated carbocycles. The van der Waals surface area contributed by atoms with Crippen LogP contribution in [0.5, 0.6) is 0 Å². The molecule has 54 heavy (non-hydrogen) atoms. The van der Waals surface area contributed by atoms with Gasteiger partial charge < -0.3 is 40.6 Å². The number of amides is 4. The number of carboxylic acid groups (broad SMARTS) is 2. The van der Waals surface area contributed by atoms with E-state index < -0.39 is 12.2 Å². The van der Waals surface area contributed by atoms with Gasteiger partial charge in [0.25, 0.3) is 0 Å². The van der Waals surface area contributed by atoms with E-state index in [9.17, 15) is 19.2 Å². The van der Waals surface area contributed by atoms with Crippen LogP contribution in [-0.4, -0.2) is 89.1 Å². The first-order chi connectivity index (χ1) is 26.2. The van der Waals surface area contributed by atoms with Crippen molar-refractivity contribution in [2.45, 2.75) is 88.4 Å². The maximum atomic E-state index is 13.5. The molecule has 6 atom stereocenters. The van der Waals surface area contributed by atoms with E-state index in [2.05, 4.69) is 79.1 Å². The molecule has 4 heterocycles. The third kappa shape index (κ3) is 7.29. The van der Waals surface area contributed by atoms with Gasteiger partial charge in [0.05, 0.1) is 35.9 Å². The van der Waals surface area contributed by atoms with E-state index in [4.69, 9.17) is 10.2 Å². The molecule has 2 aromatic heterocycles. The Hall–Kier alpha value is -5.66. The molecule has 4 amide bonds. The zero-order chi connectivity index (χ0) is 37.3. The fourth-order valence-corrected chi connectivity index (χ4v) is 9.11. The second-order valence-corrected chi connectivity index (χ2v) is 15.2. The van der Waals surface area contributed by atoms with Gasteiger partial charge in [-0.05, 0) is 86.5 Å². The molecule has 14 nitrogen and oxygen atoms in total. The molecule has 14 heteroatoms. The summed E-state index contributed by atoms with van der Waals surface area (Å²) in [6.07, 6.45) is 8.89. The third-order valence-electron chi connectivity index (χ3n) is 11.8. The van der Waals surface area contributed by atoms with Crippen LogP contribution in [0.4, 0.5) is 9.59 Å². The van der Waals surface area contributed by atoms with Gasteiger partial charge in [-0.15, -0.1) is 0 Å². The molecule has 4 aliphatic rings. The molecular weight excluding hydrogens is 688 g/mol. The number of carbonyl (C=O) groups is 4. The molecule has 0 unspecified atom stereocenters. The Bertz CT molecular complexity index is 1860. The lowest BCUT2D eigenvalue weighted by Crippen LogP contribution is -2.37. The molecule has 2 aliphatic carbocycles. The van der Waals surface area contributed by atoms with Crippen molar-refractivity contribution in [3.8, 4) is 33.6 Å². The zero-order valence-electron chi connectivity index (χ0n) is 30.0. The van der Waals surface area contributed by atoms with Crippen LogP contribution in [0.25, 0.3) is 33.6 Å². The molecule has 2 saturated heterocycles. The smallest absolute Gasteiger partial charge is 0.404 e. The first-order valence-electron chi connectivity index (χ1n) is 19.1. The lowest BCUT2D eigenvalue weighted by atomic mass is 10.0. The number of imidazole rings is 2. The minimum absolute atomic E-state index is 0.0910. The first kappa shape index (κ1) is 35.4. The summed E-state index contributed by atoms with van der Waals surface area (Å²) >= 11 is 0. The summed E-state index contributed by atoms with van der Waals surface area (Å²) in [5, 5.41) is 23.2. The van der Waals surface area contributed by atoms with E-state index in [1.807, 2.05) is 22.2 Å². The Morgan fingerprint density at radius 3 is 1.35 bits per heavy atom. The number of likely N-dealkylation sites (tertiary alicyclic amines) is 2. The third-order valence-corrected chi connectivity index (χ3v) is 11.8. The average Bonchev–Trinajstić information content (AvgIpc) is 4.01. The number of rotatable bonds is 9. The standard InChI is InChI=1S/C40H46N8O6/c49-37(27-13-15-29(19-27)43-39(51)52)47-17-1-3-33(47)35-41-21-31(45-35)25-9-5-23(6-10-25)24-7-11-26(12-8-24)32-22-42-36(46-32)34-4-2-18-48(34)38(50)28-14-16-30(20-28)44-40(53)54/h5-12,21-22,27-30,33-34,43-44H,1-4,13-20H2,(H,41,45)(H,42,46)(H,51,52)(H,53,54)/t27-,28-,29+,30+,33-,34-/m0/s1. The Kier molecular flexibility index (Phi) is 9.82. The van der Waals surface area contributed by atoms with E-state index in [1.54, 1.807) is 0 Å². The molecule has 4 aromatic rings. The highest BCUT2D eigenvalue weighted by atomic mass is 16.4. The number of benzene rings is 2. The van der Waals surface area contributed by atoms with E-state index in [-0.39, 0.29) is 47.8 Å². The molecule has 282 valence electrons. The highest BCUT2D eigenvalue weighted by Crippen LogP contribution is 2.38. The summed E-state index contributed by atoms with van der Waals surface area (Å²) in [7, 11) is 0. The highest BCUT2D eigenvalue weighted by Gasteiger charge is 2.40. The number of hydrogen-bond donors (Lipinski definition) is 6. The average molecular weight is 735 g/mol. The molecule has 2 aliphatic heterocycles. The second kappa shape index (κ2) is 15.0. The van der Waals surface area contributed by atoms with E-state index in [1.165, 1.54) is 0 Å². The minimum Gasteiger partial charge on any atom is -0.465 e. The summed E-state index contributed by atoms with van der Waals surface area (Å²) < 4.78 is 0. The fourth-order valence-electron chi connectivity index (χ4n) is 9.11. The van der Waals surface area contributed by atoms with Crippen molar-refractivity contribution in [3.05, 3.63) is 72.6 Å². The van der Waals surface area contributed by atoms with Gasteiger partial charge in [0, 0.05) is 37.0 Å². The van der Waals surface area contributed by atoms with Crippen LogP contribution in [-0.2, 0) is 9.59 Å². The van der Waals surface area contributed by atoms with Gasteiger partial charge in [-0.1, -0.05) is 48.5 Å². The van der Waals surface area contributed by atoms with Crippen LogP contribution in [0.3, 0.4) is 0 Å². The van der Waals surface area contributed by atoms with Crippen molar-refractivity contribution >= 4 is 24.0 Å². The lowest BCUT2D eigenvalue weighted by Gasteiger charge is -2.26. The van der Waals surface area contributed by atoms with Crippen LogP contribution in [0.2, 0.25) is 0 Å². The highest BCUT2D eigenvalue weighted by molar-refractivity contribution is 5.81. The Labute approximate surface area is 312 Å². The van der Waals surface area contributed by atoms with Crippen molar-refractivity contribution in [1.29, 1.82) is 0 Å². The van der Waals surface area contributed by atoms with Gasteiger partial charge in [0.1, 0.15) is 11.6 Å². The summed E-state index contributed by atoms with van der Waals surface area (Å²) in [4.78, 5) is 69.2. The van der Waals surface area contributed by atoms with Gasteiger partial charge in [-0.3, -0.25) is 9.59 Å². The number of H-pyrrole nitrogens is 2. The van der Waals surface area contributed by atoms with Crippen LogP contribution < -0.4 is 10.6 Å². The predicted octanol–water partition coefficient (Wildman–Crippen LogP) is 6.33. The van der Waals surface area contributed by atoms with Crippen molar-refractivity contribution in [2.75, 3.05) is 13.1 Å². The zero-order valence-corrected chi connectivity index (χ0v) is 30.0. The van der Waals surface area contributed by atoms with Crippen LogP contribution in [0.1, 0.15) is 87.9 Å². The van der Waals surface area contributed by atoms with Crippen LogP contribution in [0.15, 0.2) is 60.9 Å². The minimum atomic E-state index is -1.04. The van der Waals surface area contributed by atoms with Gasteiger partial charge in [-0.2, -0.15) is 0 Å². The Balaban J connectivity index is 0.886. The van der Waals surface area contributed by atoms with Gasteiger partial charge in [0.15, 0.2) is 0 Å². The number of aromatic amines is 2. The quantitative estimate of drug-likeness (QED) is 0.115. The maximum absolute atomic E-state index is 13.5. The van der Waals surface area contributed by atoms with E-state index in [0.717, 1.165) is 71.0 Å². The number of aromatic nitrogens is 4. The molecule has 4 fully saturated rings. The first-order valence-corrected chi connectivity index (χ1v) is 19.1. The summed E-state index contributed by atoms with van der Waals surface area (Å²) in [6, 6.07) is 16.0. The van der Waals surface area contributed by atoms with Gasteiger partial charge in [-0.25, -0.2) is 19.6 Å². The summed E-state index contributed by atoms with van der Waals surface area (Å²) in [5.41, 5.74) is 5.91. The van der Waals surface area contributed by atoms with Crippen molar-refractivity contribution < 1.29 is 29.4 Å². The number of nitrogens with one attached hydrogen (secondary N) is 4. The van der Waals surface area contributed by atoms with Crippen LogP contribution in [0, 0.1) is 11.8 Å². The normalized spacial score (nSPS) is 25.3. The van der Waals surface area contributed by atoms with Gasteiger partial charge in [0.2, 0.25) is 11.8 Å². The monoisotopic (exact) mass is 734 g/mol. The predicted molar refractivity (Wildman–Crippen MR) is 199 cm³/mol. The molecular formula is C40H46N8O6. The van der Waals surface area contributed by atoms with Crippen LogP contribution >= 0.6 is 0 Å². The van der Waals surface area contributed by atoms with E-state index in [0.29, 0.717) is 51.6 Å². The number of carbonyl (C=O) groups excluding carboxylic acids is 2. The summed E-state index contributed by atoms with van der Waals surface area (Å²) in [6.45, 7) is 1.36. The summed E-state index contributed by atoms with van der Waals surface area (Å²) in [5.74, 6) is 1.40. The SMILES string of the molecule is O=C(O)N[C@@H]1CC[C@H](C(=O)N2CCC[C@H]2c2ncc(-c3ccc(-c4ccc(-c5cnc([C@@H]6CCCN6C(=O)[C@H]6CC[C@@H](NC(=O)O)C6)[nH]5)cc4)cc3)[nH]2)C1. The molecule has 2 aromatic carbocycles. The van der Waals surface area contributed by atoms with Crippen molar-refractivity contribution in [2.24, 2.45) is 11.8 Å². The Morgan fingerprint density at radius 1 is 0.574 bits per heavy atom. The molecule has 0 radical (unpaired) electrons. The molecule has 0 bridgehead atoms. The number of hydrogen-bond acceptors (Lipinski definition) is 6. The second-order valence-electron chi connectivity index (χ2n) is 15.2. The largest absolute Gasteiger partial charge is 0.465 e. The Morgan fingerprint density at radius 2 is 0.963 bits per heavy atom. The lowest BCUT2D eigenvalue weighted by molar-refractivity contribution is -0.137. The number of nitrogens with zero attached hydrogens (tertiary/aromatic N) is 4. The van der Waals surface area contributed by atoms with Crippen molar-refractivity contribution in [1.82, 2.24) is 40.4 Å². The molecule has 8 rings (SSSR count). The molecule has 0 spiro atoms. The van der Waals surface area contributed by atoms with Gasteiger partial charge >= 0.3 is 12.2 Å². The van der Waals surface area contributed by atoms with Crippen molar-refractivity contribution in [3.63, 3.8) is 0 Å². The topological polar surface area (TPSA) is 197 Å². The maximum Gasteiger partial charge on any atom is 0.404 e. The fraction of sp³-hybridized carbons (Fsp3) is 0.450. The van der Waals surface area contributed by atoms with E-state index >= 15 is 0 Å².